The molecule has 0 spiro atoms. The lowest BCUT2D eigenvalue weighted by Gasteiger charge is -2.51. The van der Waals surface area contributed by atoms with E-state index in [0.29, 0.717) is 12.8 Å². The van der Waals surface area contributed by atoms with Crippen molar-refractivity contribution in [3.05, 3.63) is 0 Å². The Kier molecular flexibility index (Phi) is 32.2. The van der Waals surface area contributed by atoms with Gasteiger partial charge in [0.15, 0.2) is 49.6 Å². The SMILES string of the molecule is CCCCCCO[C@@H]1O[C@H](COS(=O)(=O)O)[C@@H](OS(=O)(=O)O)[C@H](O[C@@H]2O[C@H](COS(=O)(=O)O)[C@@H](OS(=O)(=O)O)[C@H](O[C@@H]3O[C@H](COS(=O)(=O)O)[C@@H](OS(=O)(=O)O)[C@H](O[C@@H]4O[C@H](COS(=O)(=O)O)[C@@H](OS(=O)(=O)O)[C@H](OS(=O)(=O)O)[C@H]4OS(=O)(=O)O)[C@H]3OS(=O)(=O)O)[C@H]2OS(=O)(=O)O)[C@H]1OS(=O)(=O)O. The highest BCUT2D eigenvalue weighted by Gasteiger charge is 2.63. The van der Waals surface area contributed by atoms with Gasteiger partial charge in [-0.3, -0.25) is 59.2 Å². The minimum atomic E-state index is -6.86. The average Bonchev–Trinajstić information content (AvgIpc) is 0.757. The van der Waals surface area contributed by atoms with Gasteiger partial charge in [0.25, 0.3) is 0 Å². The van der Waals surface area contributed by atoms with Crippen LogP contribution in [0.25, 0.3) is 0 Å². The van der Waals surface area contributed by atoms with Gasteiger partial charge in [-0.2, -0.15) is 109 Å². The number of hydrogen-bond acceptors (Lipinski definition) is 47. The maximum Gasteiger partial charge on any atom is 0.397 e. The third-order valence-electron chi connectivity index (χ3n) is 12.1. The van der Waals surface area contributed by atoms with Gasteiger partial charge < -0.3 is 37.9 Å². The van der Waals surface area contributed by atoms with Crippen molar-refractivity contribution in [3.63, 3.8) is 0 Å². The average molecular weight is 1790 g/mol. The predicted molar refractivity (Wildman–Crippen MR) is 297 cm³/mol. The van der Waals surface area contributed by atoms with Crippen molar-refractivity contribution < 1.29 is 261 Å². The molecule has 13 N–H and O–H groups in total. The topological polar surface area (TPSA) is 901 Å². The van der Waals surface area contributed by atoms with Crippen LogP contribution in [-0.4, -0.2) is 324 Å². The summed E-state index contributed by atoms with van der Waals surface area (Å²) in [6.07, 6.45) is -71.0. The molecule has 0 aromatic carbocycles. The minimum absolute atomic E-state index is 0.160. The van der Waals surface area contributed by atoms with E-state index in [-0.39, 0.29) is 12.8 Å². The van der Waals surface area contributed by atoms with E-state index in [1.807, 2.05) is 0 Å². The van der Waals surface area contributed by atoms with E-state index in [0.717, 1.165) is 0 Å². The second kappa shape index (κ2) is 35.6. The van der Waals surface area contributed by atoms with E-state index in [1.54, 1.807) is 6.92 Å². The molecule has 0 radical (unpaired) electrons. The van der Waals surface area contributed by atoms with Crippen LogP contribution in [0.1, 0.15) is 32.6 Å². The highest BCUT2D eigenvalue weighted by molar-refractivity contribution is 7.83. The Hall–Kier alpha value is -2.01. The van der Waals surface area contributed by atoms with Crippen LogP contribution in [-0.2, 0) is 227 Å². The molecule has 0 aromatic heterocycles. The molecule has 73 heteroatoms. The molecule has 4 saturated heterocycles. The molecule has 0 aromatic rings. The van der Waals surface area contributed by atoms with E-state index < -0.39 is 291 Å². The zero-order chi connectivity index (χ0) is 79.3. The molecule has 0 unspecified atom stereocenters. The maximum atomic E-state index is 13.1. The Morgan fingerprint density at radius 3 is 0.650 bits per heavy atom. The summed E-state index contributed by atoms with van der Waals surface area (Å²) in [6, 6.07) is 0. The van der Waals surface area contributed by atoms with Crippen molar-refractivity contribution in [2.45, 2.75) is 155 Å². The van der Waals surface area contributed by atoms with Crippen LogP contribution in [0.5, 0.6) is 0 Å². The molecule has 4 aliphatic heterocycles. The second-order valence-corrected chi connectivity index (χ2v) is 33.4. The molecule has 0 bridgehead atoms. The van der Waals surface area contributed by atoms with Gasteiger partial charge in [-0.05, 0) is 6.42 Å². The Morgan fingerprint density at radius 2 is 0.427 bits per heavy atom. The van der Waals surface area contributed by atoms with E-state index in [1.165, 1.54) is 0 Å². The van der Waals surface area contributed by atoms with Gasteiger partial charge in [-0.1, -0.05) is 26.2 Å². The number of ether oxygens (including phenoxy) is 8. The number of unbranched alkanes of at least 4 members (excludes halogenated alkanes) is 3. The third-order valence-corrected chi connectivity index (χ3v) is 18.1. The van der Waals surface area contributed by atoms with E-state index in [4.69, 9.17) is 37.9 Å². The first kappa shape index (κ1) is 93.4. The highest BCUT2D eigenvalue weighted by atomic mass is 32.3. The van der Waals surface area contributed by atoms with E-state index in [2.05, 4.69) is 54.4 Å². The molecule has 0 saturated carbocycles. The molecule has 4 rings (SSSR count). The van der Waals surface area contributed by atoms with E-state index >= 15 is 0 Å². The second-order valence-electron chi connectivity index (χ2n) is 19.7. The summed E-state index contributed by atoms with van der Waals surface area (Å²) >= 11 is 0. The fourth-order valence-corrected chi connectivity index (χ4v) is 14.7. The number of hydrogen-bond donors (Lipinski definition) is 13. The lowest BCUT2D eigenvalue weighted by Crippen LogP contribution is -2.70. The van der Waals surface area contributed by atoms with Gasteiger partial charge in [-0.15, -0.1) is 0 Å². The minimum Gasteiger partial charge on any atom is -0.350 e. The van der Waals surface area contributed by atoms with Gasteiger partial charge in [0.1, 0.15) is 73.2 Å². The summed E-state index contributed by atoms with van der Waals surface area (Å²) in [4.78, 5) is 0. The van der Waals surface area contributed by atoms with E-state index in [9.17, 15) is 169 Å². The van der Waals surface area contributed by atoms with Gasteiger partial charge in [0, 0.05) is 6.61 Å². The van der Waals surface area contributed by atoms with Gasteiger partial charge in [-0.25, -0.2) is 54.4 Å². The maximum absolute atomic E-state index is 13.1. The first-order valence-corrected chi connectivity index (χ1v) is 43.4. The molecular weight excluding hydrogens is 1740 g/mol. The monoisotopic (exact) mass is 1790 g/mol. The van der Waals surface area contributed by atoms with Gasteiger partial charge in [0.2, 0.25) is 0 Å². The molecular formula is C30H54O60S13. The predicted octanol–water partition coefficient (Wildman–Crippen LogP) is -9.39. The zero-order valence-electron chi connectivity index (χ0n) is 49.2. The summed E-state index contributed by atoms with van der Waals surface area (Å²) in [5, 5.41) is 0. The third kappa shape index (κ3) is 34.8. The number of rotatable bonds is 42. The zero-order valence-corrected chi connectivity index (χ0v) is 59.8. The molecule has 0 amide bonds. The van der Waals surface area contributed by atoms with Gasteiger partial charge >= 0.3 is 135 Å². The summed E-state index contributed by atoms with van der Waals surface area (Å²) in [6.45, 7) is -8.02. The standard InChI is InChI=1S/C30H54O60S13/c1-2-3-4-5-6-70-27-23(87-100(58,59)60)19(15(82-95(43,44)45)11(75-27)7-71-91(31,32)33)79-28-24(88-101(61,62)63)20(16(83-96(46,47)48)12(76-28)8-72-92(34,35)36)80-29-25(89-102(64,65)66)21(17(84-97(49,50)51)13(77-29)9-73-93(37,38)39)81-30-26(90-103(67,68)69)22(86-99(55,56)57)18(85-98(52,53)54)14(78-30)10-74-94(40,41)42/h11-30H,2-10H2,1H3,(H,31,32,33)(H,34,35,36)(H,37,38,39)(H,40,41,42)(H,43,44,45)(H,46,47,48)(H,49,50,51)(H,52,53,54)(H,55,56,57)(H,58,59,60)(H,61,62,63)(H,64,65,66)(H,67,68,69)/t11-,12-,13-,14-,15-,16-,17-,18-,19+,20+,21+,22+,23-,24-,25-,26-,27-,28+,29+,30+/m1/s1. The smallest absolute Gasteiger partial charge is 0.350 e. The lowest BCUT2D eigenvalue weighted by molar-refractivity contribution is -0.380. The fourth-order valence-electron chi connectivity index (χ4n) is 9.03. The molecule has 4 heterocycles. The van der Waals surface area contributed by atoms with Crippen LogP contribution < -0.4 is 0 Å². The first-order chi connectivity index (χ1) is 46.1. The van der Waals surface area contributed by atoms with Crippen LogP contribution >= 0.6 is 0 Å². The lowest BCUT2D eigenvalue weighted by atomic mass is 9.95. The van der Waals surface area contributed by atoms with Crippen molar-refractivity contribution in [2.75, 3.05) is 33.0 Å². The molecule has 20 atom stereocenters. The highest BCUT2D eigenvalue weighted by Crippen LogP contribution is 2.42. The molecule has 0 aliphatic carbocycles. The Balaban J connectivity index is 2.30. The molecule has 4 fully saturated rings. The molecule has 60 nitrogen and oxygen atoms in total. The summed E-state index contributed by atoms with van der Waals surface area (Å²) in [7, 11) is -83.6. The van der Waals surface area contributed by atoms with Crippen LogP contribution in [0.2, 0.25) is 0 Å². The molecule has 4 aliphatic rings. The van der Waals surface area contributed by atoms with Crippen molar-refractivity contribution in [2.24, 2.45) is 0 Å². The fraction of sp³-hybridized carbons (Fsp3) is 1.00. The molecule has 103 heavy (non-hydrogen) atoms. The summed E-state index contributed by atoms with van der Waals surface area (Å²) < 4.78 is 550. The normalized spacial score (nSPS) is 31.9. The first-order valence-electron chi connectivity index (χ1n) is 25.6. The molecule has 612 valence electrons. The quantitative estimate of drug-likeness (QED) is 0.0199. The largest absolute Gasteiger partial charge is 0.397 e. The Morgan fingerprint density at radius 1 is 0.233 bits per heavy atom. The van der Waals surface area contributed by atoms with Crippen molar-refractivity contribution in [1.29, 1.82) is 0 Å². The Labute approximate surface area is 581 Å². The van der Waals surface area contributed by atoms with Crippen LogP contribution in [0.4, 0.5) is 0 Å². The van der Waals surface area contributed by atoms with Crippen LogP contribution in [0.3, 0.4) is 0 Å². The van der Waals surface area contributed by atoms with Crippen molar-refractivity contribution in [1.82, 2.24) is 0 Å². The van der Waals surface area contributed by atoms with Crippen molar-refractivity contribution in [3.8, 4) is 0 Å². The van der Waals surface area contributed by atoms with Crippen molar-refractivity contribution >= 4 is 135 Å². The summed E-state index contributed by atoms with van der Waals surface area (Å²) in [5.74, 6) is 0. The Bertz CT molecular complexity index is 4450. The van der Waals surface area contributed by atoms with Crippen LogP contribution in [0.15, 0.2) is 0 Å². The van der Waals surface area contributed by atoms with Crippen LogP contribution in [0, 0.1) is 0 Å². The summed E-state index contributed by atoms with van der Waals surface area (Å²) in [5.41, 5.74) is 0. The van der Waals surface area contributed by atoms with Gasteiger partial charge in [0.05, 0.1) is 26.4 Å².